The van der Waals surface area contributed by atoms with E-state index in [2.05, 4.69) is 24.5 Å². The number of likely N-dealkylation sites (N-methyl/N-ethyl adjacent to an activating group) is 2. The molecule has 3 heteroatoms. The molecule has 0 aliphatic rings. The van der Waals surface area contributed by atoms with Gasteiger partial charge in [0.2, 0.25) is 0 Å². The Balaban J connectivity index is 3.54. The lowest BCUT2D eigenvalue weighted by Crippen LogP contribution is -2.18. The number of hydrogen-bond donors (Lipinski definition) is 2. The summed E-state index contributed by atoms with van der Waals surface area (Å²) >= 11 is 0. The largest absolute Gasteiger partial charge is 0.473 e. The van der Waals surface area contributed by atoms with Crippen molar-refractivity contribution in [3.63, 3.8) is 0 Å². The van der Waals surface area contributed by atoms with Crippen LogP contribution in [0.5, 0.6) is 0 Å². The summed E-state index contributed by atoms with van der Waals surface area (Å²) < 4.78 is 5.14. The van der Waals surface area contributed by atoms with Crippen molar-refractivity contribution in [3.05, 3.63) is 24.7 Å². The van der Waals surface area contributed by atoms with E-state index >= 15 is 0 Å². The van der Waals surface area contributed by atoms with Crippen molar-refractivity contribution in [1.82, 2.24) is 10.6 Å². The molecule has 0 aliphatic heterocycles. The van der Waals surface area contributed by atoms with Crippen LogP contribution in [0.25, 0.3) is 0 Å². The standard InChI is InChI=1S/C10H20N2O/c1-9(11-3)5-7-13-8-6-10(2)12-4/h5-12H,1-4H3. The van der Waals surface area contributed by atoms with Crippen molar-refractivity contribution in [3.8, 4) is 0 Å². The van der Waals surface area contributed by atoms with Gasteiger partial charge in [0, 0.05) is 12.1 Å². The fourth-order valence-corrected chi connectivity index (χ4v) is 0.564. The predicted octanol–water partition coefficient (Wildman–Crippen LogP) is 1.25. The van der Waals surface area contributed by atoms with Crippen LogP contribution >= 0.6 is 0 Å². The molecule has 0 saturated heterocycles. The van der Waals surface area contributed by atoms with Crippen molar-refractivity contribution in [1.29, 1.82) is 0 Å². The average molecular weight is 184 g/mol. The molecule has 0 saturated carbocycles. The van der Waals surface area contributed by atoms with Gasteiger partial charge in [-0.25, -0.2) is 0 Å². The molecule has 76 valence electrons. The average Bonchev–Trinajstić information content (AvgIpc) is 2.16. The highest BCUT2D eigenvalue weighted by Crippen LogP contribution is 1.88. The van der Waals surface area contributed by atoms with E-state index in [1.54, 1.807) is 12.5 Å². The van der Waals surface area contributed by atoms with E-state index in [9.17, 15) is 0 Å². The van der Waals surface area contributed by atoms with Crippen molar-refractivity contribution in [2.75, 3.05) is 14.1 Å². The summed E-state index contributed by atoms with van der Waals surface area (Å²) in [5, 5.41) is 6.15. The highest BCUT2D eigenvalue weighted by molar-refractivity contribution is 4.89. The van der Waals surface area contributed by atoms with Gasteiger partial charge in [-0.2, -0.15) is 0 Å². The number of hydrogen-bond acceptors (Lipinski definition) is 3. The van der Waals surface area contributed by atoms with E-state index < -0.39 is 0 Å². The minimum atomic E-state index is 0.343. The van der Waals surface area contributed by atoms with Crippen LogP contribution < -0.4 is 10.6 Å². The molecule has 0 amide bonds. The molecule has 0 aromatic rings. The van der Waals surface area contributed by atoms with Crippen LogP contribution in [0, 0.1) is 0 Å². The first-order valence-electron chi connectivity index (χ1n) is 4.54. The summed E-state index contributed by atoms with van der Waals surface area (Å²) in [6, 6.07) is 0.685. The minimum absolute atomic E-state index is 0.343. The molecule has 0 aliphatic carbocycles. The van der Waals surface area contributed by atoms with Crippen molar-refractivity contribution >= 4 is 0 Å². The highest BCUT2D eigenvalue weighted by Gasteiger charge is 1.88. The van der Waals surface area contributed by atoms with Gasteiger partial charge in [0.05, 0.1) is 12.5 Å². The summed E-state index contributed by atoms with van der Waals surface area (Å²) in [5.41, 5.74) is 0. The Morgan fingerprint density at radius 1 is 0.923 bits per heavy atom. The Morgan fingerprint density at radius 2 is 1.31 bits per heavy atom. The topological polar surface area (TPSA) is 33.3 Å². The number of rotatable bonds is 6. The van der Waals surface area contributed by atoms with Crippen LogP contribution in [0.2, 0.25) is 0 Å². The van der Waals surface area contributed by atoms with Crippen molar-refractivity contribution in [2.24, 2.45) is 0 Å². The Labute approximate surface area is 80.9 Å². The molecule has 0 aromatic heterocycles. The maximum atomic E-state index is 5.14. The monoisotopic (exact) mass is 184 g/mol. The number of ether oxygens (including phenoxy) is 1. The van der Waals surface area contributed by atoms with Crippen LogP contribution in [0.4, 0.5) is 0 Å². The van der Waals surface area contributed by atoms with Gasteiger partial charge in [0.1, 0.15) is 0 Å². The SMILES string of the molecule is CNC(C)C=COC=CC(C)NC. The Kier molecular flexibility index (Phi) is 7.35. The molecule has 2 atom stereocenters. The quantitative estimate of drug-likeness (QED) is 0.609. The molecule has 0 radical (unpaired) electrons. The second-order valence-electron chi connectivity index (χ2n) is 2.95. The first kappa shape index (κ1) is 12.2. The molecule has 0 fully saturated rings. The molecule has 2 unspecified atom stereocenters. The Hall–Kier alpha value is -0.800. The van der Waals surface area contributed by atoms with Gasteiger partial charge < -0.3 is 15.4 Å². The van der Waals surface area contributed by atoms with Crippen molar-refractivity contribution in [2.45, 2.75) is 25.9 Å². The third-order valence-electron chi connectivity index (χ3n) is 1.80. The summed E-state index contributed by atoms with van der Waals surface area (Å²) in [7, 11) is 3.82. The third-order valence-corrected chi connectivity index (χ3v) is 1.80. The van der Waals surface area contributed by atoms with E-state index in [0.717, 1.165) is 0 Å². The second kappa shape index (κ2) is 7.83. The van der Waals surface area contributed by atoms with Gasteiger partial charge in [-0.15, -0.1) is 0 Å². The second-order valence-corrected chi connectivity index (χ2v) is 2.95. The molecule has 0 heterocycles. The molecule has 3 nitrogen and oxygen atoms in total. The normalized spacial score (nSPS) is 16.6. The first-order valence-corrected chi connectivity index (χ1v) is 4.54. The van der Waals surface area contributed by atoms with Crippen LogP contribution in [-0.4, -0.2) is 26.2 Å². The lowest BCUT2D eigenvalue weighted by Gasteiger charge is -2.02. The van der Waals surface area contributed by atoms with Crippen LogP contribution in [0.1, 0.15) is 13.8 Å². The van der Waals surface area contributed by atoms with Crippen LogP contribution in [0.3, 0.4) is 0 Å². The molecule has 0 rings (SSSR count). The van der Waals surface area contributed by atoms with E-state index in [4.69, 9.17) is 4.74 Å². The molecule has 0 aromatic carbocycles. The zero-order valence-corrected chi connectivity index (χ0v) is 8.87. The Morgan fingerprint density at radius 3 is 1.62 bits per heavy atom. The summed E-state index contributed by atoms with van der Waals surface area (Å²) in [5.74, 6) is 0. The molecule has 0 bridgehead atoms. The molecule has 2 N–H and O–H groups in total. The van der Waals surface area contributed by atoms with E-state index in [1.165, 1.54) is 0 Å². The van der Waals surface area contributed by atoms with Crippen molar-refractivity contribution < 1.29 is 4.74 Å². The summed E-state index contributed by atoms with van der Waals surface area (Å²) in [4.78, 5) is 0. The maximum absolute atomic E-state index is 5.14. The van der Waals surface area contributed by atoms with E-state index in [-0.39, 0.29) is 0 Å². The lowest BCUT2D eigenvalue weighted by molar-refractivity contribution is 0.395. The first-order chi connectivity index (χ1) is 6.20. The Bertz CT molecular complexity index is 148. The lowest BCUT2D eigenvalue weighted by atomic mass is 10.3. The van der Waals surface area contributed by atoms with Crippen LogP contribution in [0.15, 0.2) is 24.7 Å². The minimum Gasteiger partial charge on any atom is -0.473 e. The molecule has 0 spiro atoms. The summed E-state index contributed by atoms with van der Waals surface area (Å²) in [6.07, 6.45) is 7.27. The van der Waals surface area contributed by atoms with Gasteiger partial charge in [0.15, 0.2) is 0 Å². The zero-order valence-electron chi connectivity index (χ0n) is 8.87. The molecular formula is C10H20N2O. The third kappa shape index (κ3) is 7.56. The fraction of sp³-hybridized carbons (Fsp3) is 0.600. The van der Waals surface area contributed by atoms with E-state index in [1.807, 2.05) is 26.2 Å². The van der Waals surface area contributed by atoms with E-state index in [0.29, 0.717) is 12.1 Å². The molecule has 13 heavy (non-hydrogen) atoms. The fourth-order valence-electron chi connectivity index (χ4n) is 0.564. The zero-order chi connectivity index (χ0) is 10.1. The van der Waals surface area contributed by atoms with Gasteiger partial charge in [-0.05, 0) is 40.1 Å². The highest BCUT2D eigenvalue weighted by atomic mass is 16.5. The maximum Gasteiger partial charge on any atom is 0.0876 e. The predicted molar refractivity (Wildman–Crippen MR) is 56.4 cm³/mol. The smallest absolute Gasteiger partial charge is 0.0876 e. The van der Waals surface area contributed by atoms with Gasteiger partial charge in [0.25, 0.3) is 0 Å². The number of nitrogens with one attached hydrogen (secondary N) is 2. The summed E-state index contributed by atoms with van der Waals surface area (Å²) in [6.45, 7) is 4.11. The van der Waals surface area contributed by atoms with Gasteiger partial charge in [-0.1, -0.05) is 0 Å². The van der Waals surface area contributed by atoms with Gasteiger partial charge >= 0.3 is 0 Å². The van der Waals surface area contributed by atoms with Gasteiger partial charge in [-0.3, -0.25) is 0 Å². The van der Waals surface area contributed by atoms with Crippen LogP contribution in [-0.2, 0) is 4.74 Å². The molecular weight excluding hydrogens is 164 g/mol.